The van der Waals surface area contributed by atoms with E-state index >= 15 is 0 Å². The lowest BCUT2D eigenvalue weighted by molar-refractivity contribution is -0.137. The maximum absolute atomic E-state index is 13.2. The molecule has 1 aromatic carbocycles. The molecule has 3 aromatic rings. The van der Waals surface area contributed by atoms with Crippen molar-refractivity contribution >= 4 is 22.8 Å². The number of carbonyl (C=O) groups is 1. The molecule has 0 fully saturated rings. The van der Waals surface area contributed by atoms with Gasteiger partial charge in [-0.15, -0.1) is 0 Å². The van der Waals surface area contributed by atoms with Crippen molar-refractivity contribution in [2.75, 3.05) is 5.32 Å². The van der Waals surface area contributed by atoms with Crippen LogP contribution in [0.1, 0.15) is 42.6 Å². The lowest BCUT2D eigenvalue weighted by Gasteiger charge is -2.14. The van der Waals surface area contributed by atoms with E-state index in [2.05, 4.69) is 15.4 Å². The van der Waals surface area contributed by atoms with Gasteiger partial charge in [0.1, 0.15) is 0 Å². The van der Waals surface area contributed by atoms with E-state index in [0.717, 1.165) is 25.0 Å². The molecule has 9 heteroatoms. The van der Waals surface area contributed by atoms with Crippen LogP contribution >= 0.6 is 0 Å². The summed E-state index contributed by atoms with van der Waals surface area (Å²) in [6.45, 7) is 4.03. The van der Waals surface area contributed by atoms with E-state index in [-0.39, 0.29) is 11.9 Å². The van der Waals surface area contributed by atoms with Crippen molar-refractivity contribution in [3.05, 3.63) is 47.5 Å². The van der Waals surface area contributed by atoms with E-state index in [0.29, 0.717) is 16.9 Å². The van der Waals surface area contributed by atoms with Gasteiger partial charge in [-0.2, -0.15) is 23.3 Å². The molecule has 1 amide bonds. The zero-order chi connectivity index (χ0) is 21.2. The highest BCUT2D eigenvalue weighted by Gasteiger charge is 2.35. The Kier molecular flexibility index (Phi) is 5.76. The smallest absolute Gasteiger partial charge is 0.417 e. The molecular formula is C20H21F3N4O2. The molecular weight excluding hydrogens is 385 g/mol. The van der Waals surface area contributed by atoms with E-state index in [1.54, 1.807) is 19.2 Å². The fraction of sp³-hybridized carbons (Fsp3) is 0.350. The van der Waals surface area contributed by atoms with Gasteiger partial charge in [0.15, 0.2) is 11.5 Å². The molecule has 3 rings (SSSR count). The Morgan fingerprint density at radius 3 is 2.52 bits per heavy atom. The molecule has 0 unspecified atom stereocenters. The van der Waals surface area contributed by atoms with Gasteiger partial charge in [0, 0.05) is 13.1 Å². The van der Waals surface area contributed by atoms with E-state index in [4.69, 9.17) is 4.74 Å². The number of aryl methyl sites for hydroxylation is 1. The molecule has 2 aromatic heterocycles. The monoisotopic (exact) mass is 406 g/mol. The molecule has 0 aliphatic carbocycles. The second kappa shape index (κ2) is 8.10. The van der Waals surface area contributed by atoms with Crippen LogP contribution in [0, 0.1) is 0 Å². The number of alkyl halides is 3. The number of aromatic nitrogens is 3. The van der Waals surface area contributed by atoms with E-state index < -0.39 is 23.2 Å². The number of benzene rings is 1. The van der Waals surface area contributed by atoms with Crippen molar-refractivity contribution in [3.8, 4) is 5.88 Å². The lowest BCUT2D eigenvalue weighted by Crippen LogP contribution is -2.19. The van der Waals surface area contributed by atoms with Gasteiger partial charge < -0.3 is 10.1 Å². The summed E-state index contributed by atoms with van der Waals surface area (Å²) in [6.07, 6.45) is -2.93. The van der Waals surface area contributed by atoms with Gasteiger partial charge >= 0.3 is 6.18 Å². The zero-order valence-electron chi connectivity index (χ0n) is 16.2. The first-order valence-electron chi connectivity index (χ1n) is 9.22. The molecule has 0 atom stereocenters. The van der Waals surface area contributed by atoms with Crippen molar-refractivity contribution < 1.29 is 22.7 Å². The Bertz CT molecular complexity index is 1030. The molecule has 0 radical (unpaired) electrons. The number of carbonyl (C=O) groups excluding carboxylic acids is 1. The molecule has 0 saturated carbocycles. The van der Waals surface area contributed by atoms with Crippen molar-refractivity contribution in [3.63, 3.8) is 0 Å². The number of hydrogen-bond acceptors (Lipinski definition) is 4. The summed E-state index contributed by atoms with van der Waals surface area (Å²) in [7, 11) is 1.63. The van der Waals surface area contributed by atoms with Gasteiger partial charge in [0.25, 0.3) is 5.91 Å². The van der Waals surface area contributed by atoms with Gasteiger partial charge in [0.2, 0.25) is 5.88 Å². The summed E-state index contributed by atoms with van der Waals surface area (Å²) < 4.78 is 46.8. The number of ether oxygens (including phenoxy) is 1. The SMILES string of the molecule is CCC(CC)Oc1ccc2c(NC(=O)c3ccccc3C(F)(F)F)nn(C)c2n1. The maximum Gasteiger partial charge on any atom is 0.417 e. The second-order valence-corrected chi connectivity index (χ2v) is 6.55. The minimum absolute atomic E-state index is 0.0335. The highest BCUT2D eigenvalue weighted by molar-refractivity contribution is 6.08. The number of rotatable bonds is 6. The Morgan fingerprint density at radius 1 is 1.17 bits per heavy atom. The first kappa shape index (κ1) is 20.6. The fourth-order valence-corrected chi connectivity index (χ4v) is 3.00. The number of fused-ring (bicyclic) bond motifs is 1. The lowest BCUT2D eigenvalue weighted by atomic mass is 10.1. The van der Waals surface area contributed by atoms with Crippen LogP contribution in [0.2, 0.25) is 0 Å². The van der Waals surface area contributed by atoms with Gasteiger partial charge in [-0.25, -0.2) is 4.68 Å². The molecule has 29 heavy (non-hydrogen) atoms. The normalized spacial score (nSPS) is 11.8. The van der Waals surface area contributed by atoms with E-state index in [9.17, 15) is 18.0 Å². The summed E-state index contributed by atoms with van der Waals surface area (Å²) in [5, 5.41) is 7.16. The largest absolute Gasteiger partial charge is 0.474 e. The van der Waals surface area contributed by atoms with Crippen molar-refractivity contribution in [2.45, 2.75) is 39.0 Å². The molecule has 0 bridgehead atoms. The third-order valence-electron chi connectivity index (χ3n) is 4.57. The standard InChI is InChI=1S/C20H21F3N4O2/c1-4-12(5-2)29-16-11-10-14-17(26-27(3)18(14)24-16)25-19(28)13-8-6-7-9-15(13)20(21,22)23/h6-12H,4-5H2,1-3H3,(H,25,26,28). The van der Waals surface area contributed by atoms with Gasteiger partial charge in [-0.1, -0.05) is 26.0 Å². The average molecular weight is 406 g/mol. The molecule has 1 N–H and O–H groups in total. The number of nitrogens with one attached hydrogen (secondary N) is 1. The fourth-order valence-electron chi connectivity index (χ4n) is 3.00. The van der Waals surface area contributed by atoms with Crippen LogP contribution in [-0.4, -0.2) is 26.8 Å². The molecule has 2 heterocycles. The predicted octanol–water partition coefficient (Wildman–Crippen LogP) is 4.81. The highest BCUT2D eigenvalue weighted by atomic mass is 19.4. The summed E-state index contributed by atoms with van der Waals surface area (Å²) in [5.41, 5.74) is -1.02. The van der Waals surface area contributed by atoms with Crippen LogP contribution in [0.15, 0.2) is 36.4 Å². The van der Waals surface area contributed by atoms with E-state index in [1.165, 1.54) is 16.8 Å². The Balaban J connectivity index is 1.91. The molecule has 154 valence electrons. The van der Waals surface area contributed by atoms with Gasteiger partial charge in [-0.05, 0) is 31.0 Å². The molecule has 0 saturated heterocycles. The number of pyridine rings is 1. The summed E-state index contributed by atoms with van der Waals surface area (Å²) in [4.78, 5) is 16.9. The Hall–Kier alpha value is -3.10. The van der Waals surface area contributed by atoms with Crippen LogP contribution in [0.5, 0.6) is 5.88 Å². The molecule has 0 aliphatic rings. The van der Waals surface area contributed by atoms with E-state index in [1.807, 2.05) is 13.8 Å². The first-order chi connectivity index (χ1) is 13.7. The summed E-state index contributed by atoms with van der Waals surface area (Å²) in [5.74, 6) is -0.337. The number of halogens is 3. The minimum atomic E-state index is -4.64. The molecule has 0 spiro atoms. The Labute approximate surface area is 165 Å². The minimum Gasteiger partial charge on any atom is -0.474 e. The van der Waals surface area contributed by atoms with Gasteiger partial charge in [0.05, 0.1) is 22.6 Å². The van der Waals surface area contributed by atoms with Crippen LogP contribution < -0.4 is 10.1 Å². The molecule has 0 aliphatic heterocycles. The van der Waals surface area contributed by atoms with Crippen molar-refractivity contribution in [1.29, 1.82) is 0 Å². The number of anilines is 1. The topological polar surface area (TPSA) is 69.0 Å². The highest BCUT2D eigenvalue weighted by Crippen LogP contribution is 2.32. The zero-order valence-corrected chi connectivity index (χ0v) is 16.2. The van der Waals surface area contributed by atoms with Crippen LogP contribution in [0.25, 0.3) is 11.0 Å². The third-order valence-corrected chi connectivity index (χ3v) is 4.57. The first-order valence-corrected chi connectivity index (χ1v) is 9.22. The predicted molar refractivity (Wildman–Crippen MR) is 103 cm³/mol. The molecule has 6 nitrogen and oxygen atoms in total. The second-order valence-electron chi connectivity index (χ2n) is 6.55. The summed E-state index contributed by atoms with van der Waals surface area (Å²) >= 11 is 0. The summed E-state index contributed by atoms with van der Waals surface area (Å²) in [6, 6.07) is 7.95. The Morgan fingerprint density at radius 2 is 1.86 bits per heavy atom. The third kappa shape index (κ3) is 4.33. The van der Waals surface area contributed by atoms with Gasteiger partial charge in [-0.3, -0.25) is 4.79 Å². The number of nitrogens with zero attached hydrogens (tertiary/aromatic N) is 3. The average Bonchev–Trinajstić information content (AvgIpc) is 3.00. The van der Waals surface area contributed by atoms with Crippen LogP contribution in [0.3, 0.4) is 0 Å². The maximum atomic E-state index is 13.2. The van der Waals surface area contributed by atoms with Crippen LogP contribution in [-0.2, 0) is 13.2 Å². The van der Waals surface area contributed by atoms with Crippen molar-refractivity contribution in [1.82, 2.24) is 14.8 Å². The number of amides is 1. The quantitative estimate of drug-likeness (QED) is 0.638. The van der Waals surface area contributed by atoms with Crippen molar-refractivity contribution in [2.24, 2.45) is 7.05 Å². The van der Waals surface area contributed by atoms with Crippen LogP contribution in [0.4, 0.5) is 19.0 Å². The number of hydrogen-bond donors (Lipinski definition) is 1.